The average molecular weight is 271 g/mol. The fourth-order valence-electron chi connectivity index (χ4n) is 3.15. The lowest BCUT2D eigenvalue weighted by Gasteiger charge is -2.13. The van der Waals surface area contributed by atoms with Crippen LogP contribution in [0.4, 0.5) is 0 Å². The van der Waals surface area contributed by atoms with Gasteiger partial charge in [-0.3, -0.25) is 0 Å². The summed E-state index contributed by atoms with van der Waals surface area (Å²) in [6, 6.07) is 24.0. The van der Waals surface area contributed by atoms with Crippen LogP contribution in [0.1, 0.15) is 5.69 Å². The summed E-state index contributed by atoms with van der Waals surface area (Å²) in [6.45, 7) is 2.15. The van der Waals surface area contributed by atoms with Crippen LogP contribution >= 0.6 is 0 Å². The normalized spacial score (nSPS) is 11.3. The van der Waals surface area contributed by atoms with Gasteiger partial charge in [-0.2, -0.15) is 0 Å². The Morgan fingerprint density at radius 3 is 1.81 bits per heavy atom. The maximum absolute atomic E-state index is 2.28. The molecule has 102 valence electrons. The van der Waals surface area contributed by atoms with Crippen molar-refractivity contribution in [1.29, 1.82) is 0 Å². The van der Waals surface area contributed by atoms with Crippen molar-refractivity contribution < 1.29 is 0 Å². The second kappa shape index (κ2) is 4.49. The highest BCUT2D eigenvalue weighted by atomic mass is 14.9. The topological polar surface area (TPSA) is 4.93 Å². The molecule has 0 spiro atoms. The lowest BCUT2D eigenvalue weighted by atomic mass is 9.95. The van der Waals surface area contributed by atoms with E-state index in [1.54, 1.807) is 0 Å². The number of aromatic nitrogens is 1. The van der Waals surface area contributed by atoms with Crippen LogP contribution in [0, 0.1) is 6.92 Å². The van der Waals surface area contributed by atoms with Crippen molar-refractivity contribution in [2.45, 2.75) is 6.92 Å². The van der Waals surface area contributed by atoms with Crippen molar-refractivity contribution in [2.24, 2.45) is 7.05 Å². The van der Waals surface area contributed by atoms with Crippen molar-refractivity contribution in [2.75, 3.05) is 0 Å². The minimum absolute atomic E-state index is 1.28. The molecular formula is C20H17N. The number of nitrogens with zero attached hydrogens (tertiary/aromatic N) is 1. The number of aryl methyl sites for hydroxylation is 1. The minimum atomic E-state index is 1.28. The molecule has 21 heavy (non-hydrogen) atoms. The summed E-state index contributed by atoms with van der Waals surface area (Å²) in [5.41, 5.74) is 3.89. The Bertz CT molecular complexity index is 906. The number of fused-ring (bicyclic) bond motifs is 2. The number of hydrogen-bond acceptors (Lipinski definition) is 0. The molecule has 0 aliphatic carbocycles. The summed E-state index contributed by atoms with van der Waals surface area (Å²) >= 11 is 0. The fourth-order valence-corrected chi connectivity index (χ4v) is 3.15. The van der Waals surface area contributed by atoms with Gasteiger partial charge < -0.3 is 4.57 Å². The number of hydrogen-bond donors (Lipinski definition) is 0. The third-order valence-corrected chi connectivity index (χ3v) is 4.40. The second-order valence-electron chi connectivity index (χ2n) is 5.61. The van der Waals surface area contributed by atoms with E-state index in [4.69, 9.17) is 0 Å². The predicted molar refractivity (Wildman–Crippen MR) is 90.6 cm³/mol. The van der Waals surface area contributed by atoms with Gasteiger partial charge >= 0.3 is 0 Å². The SMILES string of the molecule is Cc1ccc(-c2c3ccccc3cc3ccccc23)n1C. The van der Waals surface area contributed by atoms with Gasteiger partial charge in [0, 0.05) is 24.0 Å². The molecule has 0 amide bonds. The van der Waals surface area contributed by atoms with E-state index >= 15 is 0 Å². The van der Waals surface area contributed by atoms with Gasteiger partial charge in [-0.25, -0.2) is 0 Å². The zero-order valence-corrected chi connectivity index (χ0v) is 12.3. The highest BCUT2D eigenvalue weighted by Crippen LogP contribution is 2.36. The largest absolute Gasteiger partial charge is 0.348 e. The first-order valence-corrected chi connectivity index (χ1v) is 7.29. The number of benzene rings is 3. The van der Waals surface area contributed by atoms with E-state index in [0.29, 0.717) is 0 Å². The van der Waals surface area contributed by atoms with Crippen molar-refractivity contribution in [3.05, 3.63) is 72.4 Å². The molecule has 0 saturated carbocycles. The third-order valence-electron chi connectivity index (χ3n) is 4.40. The van der Waals surface area contributed by atoms with E-state index in [1.807, 2.05) is 0 Å². The molecule has 0 N–H and O–H groups in total. The average Bonchev–Trinajstić information content (AvgIpc) is 2.84. The van der Waals surface area contributed by atoms with Gasteiger partial charge in [-0.15, -0.1) is 0 Å². The van der Waals surface area contributed by atoms with Gasteiger partial charge in [0.1, 0.15) is 0 Å². The quantitative estimate of drug-likeness (QED) is 0.414. The van der Waals surface area contributed by atoms with Crippen LogP contribution in [0.25, 0.3) is 32.8 Å². The summed E-state index contributed by atoms with van der Waals surface area (Å²) in [6.07, 6.45) is 0. The van der Waals surface area contributed by atoms with Gasteiger partial charge in [0.25, 0.3) is 0 Å². The monoisotopic (exact) mass is 271 g/mol. The first-order valence-electron chi connectivity index (χ1n) is 7.29. The van der Waals surface area contributed by atoms with E-state index in [1.165, 1.54) is 38.5 Å². The van der Waals surface area contributed by atoms with Gasteiger partial charge in [-0.05, 0) is 46.7 Å². The molecule has 1 nitrogen and oxygen atoms in total. The Morgan fingerprint density at radius 2 is 1.29 bits per heavy atom. The summed E-state index contributed by atoms with van der Waals surface area (Å²) in [5.74, 6) is 0. The third kappa shape index (κ3) is 1.78. The zero-order chi connectivity index (χ0) is 14.4. The van der Waals surface area contributed by atoms with Gasteiger partial charge in [0.15, 0.2) is 0 Å². The highest BCUT2D eigenvalue weighted by molar-refractivity contribution is 6.12. The van der Waals surface area contributed by atoms with Crippen LogP contribution in [-0.2, 0) is 7.05 Å². The van der Waals surface area contributed by atoms with Gasteiger partial charge in [-0.1, -0.05) is 48.5 Å². The van der Waals surface area contributed by atoms with Crippen LogP contribution in [0.5, 0.6) is 0 Å². The van der Waals surface area contributed by atoms with E-state index < -0.39 is 0 Å². The Morgan fingerprint density at radius 1 is 0.714 bits per heavy atom. The van der Waals surface area contributed by atoms with E-state index in [0.717, 1.165) is 0 Å². The maximum Gasteiger partial charge on any atom is 0.0492 e. The maximum atomic E-state index is 2.28. The zero-order valence-electron chi connectivity index (χ0n) is 12.3. The second-order valence-corrected chi connectivity index (χ2v) is 5.61. The first kappa shape index (κ1) is 12.2. The molecule has 0 fully saturated rings. The highest BCUT2D eigenvalue weighted by Gasteiger charge is 2.12. The Labute approximate surface area is 124 Å². The molecule has 1 aromatic heterocycles. The molecule has 0 atom stereocenters. The van der Waals surface area contributed by atoms with Crippen LogP contribution < -0.4 is 0 Å². The van der Waals surface area contributed by atoms with E-state index in [9.17, 15) is 0 Å². The summed E-state index contributed by atoms with van der Waals surface area (Å²) < 4.78 is 2.27. The molecule has 0 bridgehead atoms. The Kier molecular flexibility index (Phi) is 2.61. The summed E-state index contributed by atoms with van der Waals surface area (Å²) in [7, 11) is 2.14. The molecule has 0 radical (unpaired) electrons. The standard InChI is InChI=1S/C20H17N/c1-14-11-12-19(21(14)2)20-17-9-5-3-7-15(17)13-16-8-4-6-10-18(16)20/h3-13H,1-2H3. The molecule has 1 heterocycles. The Balaban J connectivity index is 2.24. The minimum Gasteiger partial charge on any atom is -0.348 e. The van der Waals surface area contributed by atoms with Crippen LogP contribution in [0.3, 0.4) is 0 Å². The molecule has 1 heteroatoms. The van der Waals surface area contributed by atoms with Gasteiger partial charge in [0.2, 0.25) is 0 Å². The molecule has 3 aromatic carbocycles. The number of rotatable bonds is 1. The smallest absolute Gasteiger partial charge is 0.0492 e. The molecule has 0 saturated heterocycles. The van der Waals surface area contributed by atoms with Crippen LogP contribution in [0.15, 0.2) is 66.7 Å². The summed E-state index contributed by atoms with van der Waals surface area (Å²) in [5, 5.41) is 5.23. The summed E-state index contributed by atoms with van der Waals surface area (Å²) in [4.78, 5) is 0. The molecule has 0 unspecified atom stereocenters. The molecular weight excluding hydrogens is 254 g/mol. The lowest BCUT2D eigenvalue weighted by Crippen LogP contribution is -1.95. The molecule has 4 rings (SSSR count). The van der Waals surface area contributed by atoms with E-state index in [2.05, 4.69) is 85.3 Å². The predicted octanol–water partition coefficient (Wildman–Crippen LogP) is 5.31. The van der Waals surface area contributed by atoms with Crippen LogP contribution in [0.2, 0.25) is 0 Å². The van der Waals surface area contributed by atoms with Gasteiger partial charge in [0.05, 0.1) is 0 Å². The Hall–Kier alpha value is -2.54. The van der Waals surface area contributed by atoms with E-state index in [-0.39, 0.29) is 0 Å². The molecule has 0 aliphatic rings. The molecule has 0 aliphatic heterocycles. The molecule has 4 aromatic rings. The first-order chi connectivity index (χ1) is 10.3. The van der Waals surface area contributed by atoms with Crippen molar-refractivity contribution in [1.82, 2.24) is 4.57 Å². The van der Waals surface area contributed by atoms with Crippen molar-refractivity contribution in [3.63, 3.8) is 0 Å². The van der Waals surface area contributed by atoms with Crippen LogP contribution in [-0.4, -0.2) is 4.57 Å². The lowest BCUT2D eigenvalue weighted by molar-refractivity contribution is 0.893. The van der Waals surface area contributed by atoms with Crippen molar-refractivity contribution >= 4 is 21.5 Å². The fraction of sp³-hybridized carbons (Fsp3) is 0.100. The van der Waals surface area contributed by atoms with Crippen molar-refractivity contribution in [3.8, 4) is 11.3 Å².